The first-order valence-electron chi connectivity index (χ1n) is 4.09. The van der Waals surface area contributed by atoms with Gasteiger partial charge in [-0.2, -0.15) is 0 Å². The molecule has 13 heavy (non-hydrogen) atoms. The summed E-state index contributed by atoms with van der Waals surface area (Å²) in [4.78, 5) is 6.07. The summed E-state index contributed by atoms with van der Waals surface area (Å²) < 4.78 is 0. The summed E-state index contributed by atoms with van der Waals surface area (Å²) >= 11 is 0. The summed E-state index contributed by atoms with van der Waals surface area (Å²) in [6.07, 6.45) is 2.51. The number of hydrogen-bond donors (Lipinski definition) is 1. The van der Waals surface area contributed by atoms with Crippen molar-refractivity contribution in [3.8, 4) is 0 Å². The van der Waals surface area contributed by atoms with E-state index >= 15 is 0 Å². The lowest BCUT2D eigenvalue weighted by atomic mass is 10.1. The molecule has 1 atom stereocenters. The summed E-state index contributed by atoms with van der Waals surface area (Å²) in [5, 5.41) is 9.39. The number of aliphatic hydroxyl groups excluding tert-OH is 1. The Bertz CT molecular complexity index is 279. The second-order valence-corrected chi connectivity index (χ2v) is 3.02. The molecule has 70 valence electrons. The van der Waals surface area contributed by atoms with Gasteiger partial charge in [-0.25, -0.2) is 4.98 Å². The first-order valence-corrected chi connectivity index (χ1v) is 4.09. The molecule has 3 nitrogen and oxygen atoms in total. The average Bonchev–Trinajstić information content (AvgIpc) is 2.17. The molecule has 1 N–H and O–H groups in total. The third kappa shape index (κ3) is 2.29. The van der Waals surface area contributed by atoms with Crippen LogP contribution in [0.15, 0.2) is 31.0 Å². The van der Waals surface area contributed by atoms with Crippen molar-refractivity contribution >= 4 is 5.82 Å². The van der Waals surface area contributed by atoms with Crippen LogP contribution >= 0.6 is 0 Å². The van der Waals surface area contributed by atoms with Crippen LogP contribution in [-0.4, -0.2) is 24.2 Å². The number of nitrogens with zero attached hydrogens (tertiary/aromatic N) is 2. The van der Waals surface area contributed by atoms with Crippen molar-refractivity contribution < 1.29 is 5.11 Å². The lowest BCUT2D eigenvalue weighted by molar-refractivity contribution is 0.228. The van der Waals surface area contributed by atoms with Crippen LogP contribution in [0.3, 0.4) is 0 Å². The van der Waals surface area contributed by atoms with Crippen molar-refractivity contribution in [1.82, 2.24) is 4.98 Å². The Morgan fingerprint density at radius 2 is 2.23 bits per heavy atom. The molecule has 0 aliphatic carbocycles. The van der Waals surface area contributed by atoms with E-state index in [1.165, 1.54) is 6.08 Å². The minimum atomic E-state index is -0.622. The summed E-state index contributed by atoms with van der Waals surface area (Å²) in [6.45, 7) is 3.51. The fraction of sp³-hybridized carbons (Fsp3) is 0.300. The Morgan fingerprint density at radius 3 is 2.62 bits per heavy atom. The molecule has 1 rings (SSSR count). The molecule has 0 spiro atoms. The van der Waals surface area contributed by atoms with Crippen molar-refractivity contribution in [3.05, 3.63) is 36.5 Å². The van der Waals surface area contributed by atoms with Gasteiger partial charge < -0.3 is 10.0 Å². The van der Waals surface area contributed by atoms with Crippen molar-refractivity contribution in [3.63, 3.8) is 0 Å². The van der Waals surface area contributed by atoms with Gasteiger partial charge in [0, 0.05) is 25.9 Å². The standard InChI is InChI=1S/C10H14N2O/c1-4-9(13)8-5-6-10(11-7-8)12(2)3/h4-7,9,13H,1H2,2-3H3. The molecular weight excluding hydrogens is 164 g/mol. The largest absolute Gasteiger partial charge is 0.384 e. The fourth-order valence-corrected chi connectivity index (χ4v) is 0.973. The monoisotopic (exact) mass is 178 g/mol. The SMILES string of the molecule is C=CC(O)c1ccc(N(C)C)nc1. The van der Waals surface area contributed by atoms with Gasteiger partial charge in [0.2, 0.25) is 0 Å². The normalized spacial score (nSPS) is 12.2. The predicted molar refractivity (Wildman–Crippen MR) is 53.7 cm³/mol. The lowest BCUT2D eigenvalue weighted by Gasteiger charge is -2.12. The van der Waals surface area contributed by atoms with Gasteiger partial charge in [-0.1, -0.05) is 12.1 Å². The van der Waals surface area contributed by atoms with Gasteiger partial charge in [-0.15, -0.1) is 6.58 Å². The third-order valence-corrected chi connectivity index (χ3v) is 1.79. The van der Waals surface area contributed by atoms with Crippen LogP contribution in [0.25, 0.3) is 0 Å². The lowest BCUT2D eigenvalue weighted by Crippen LogP contribution is -2.10. The van der Waals surface area contributed by atoms with Crippen LogP contribution in [0.4, 0.5) is 5.82 Å². The zero-order chi connectivity index (χ0) is 9.84. The van der Waals surface area contributed by atoms with E-state index in [0.29, 0.717) is 0 Å². The number of aromatic nitrogens is 1. The molecule has 1 aromatic rings. The van der Waals surface area contributed by atoms with E-state index in [1.807, 2.05) is 31.1 Å². The molecule has 0 aromatic carbocycles. The topological polar surface area (TPSA) is 36.4 Å². The Morgan fingerprint density at radius 1 is 1.54 bits per heavy atom. The van der Waals surface area contributed by atoms with E-state index in [1.54, 1.807) is 6.20 Å². The average molecular weight is 178 g/mol. The highest BCUT2D eigenvalue weighted by molar-refractivity contribution is 5.37. The molecule has 1 aromatic heterocycles. The summed E-state index contributed by atoms with van der Waals surface area (Å²) in [5.41, 5.74) is 0.764. The molecule has 0 radical (unpaired) electrons. The number of aliphatic hydroxyl groups is 1. The van der Waals surface area contributed by atoms with Crippen molar-refractivity contribution in [1.29, 1.82) is 0 Å². The number of rotatable bonds is 3. The minimum Gasteiger partial charge on any atom is -0.384 e. The summed E-state index contributed by atoms with van der Waals surface area (Å²) in [7, 11) is 3.85. The van der Waals surface area contributed by atoms with Gasteiger partial charge in [-0.05, 0) is 6.07 Å². The first-order chi connectivity index (χ1) is 6.15. The molecule has 0 saturated heterocycles. The molecule has 0 aliphatic heterocycles. The van der Waals surface area contributed by atoms with Crippen molar-refractivity contribution in [2.45, 2.75) is 6.10 Å². The van der Waals surface area contributed by atoms with Crippen LogP contribution in [-0.2, 0) is 0 Å². The van der Waals surface area contributed by atoms with Gasteiger partial charge in [0.1, 0.15) is 5.82 Å². The Hall–Kier alpha value is -1.35. The molecule has 0 aliphatic rings. The highest BCUT2D eigenvalue weighted by Crippen LogP contribution is 2.15. The molecule has 3 heteroatoms. The maximum atomic E-state index is 9.39. The second-order valence-electron chi connectivity index (χ2n) is 3.02. The molecule has 1 heterocycles. The van der Waals surface area contributed by atoms with Crippen LogP contribution in [0.1, 0.15) is 11.7 Å². The quantitative estimate of drug-likeness (QED) is 0.710. The summed E-state index contributed by atoms with van der Waals surface area (Å²) in [6, 6.07) is 3.71. The first kappa shape index (κ1) is 9.74. The Kier molecular flexibility index (Phi) is 3.03. The zero-order valence-electron chi connectivity index (χ0n) is 7.94. The highest BCUT2D eigenvalue weighted by atomic mass is 16.3. The predicted octanol–water partition coefficient (Wildman–Crippen LogP) is 1.37. The van der Waals surface area contributed by atoms with Gasteiger partial charge in [0.15, 0.2) is 0 Å². The van der Waals surface area contributed by atoms with Gasteiger partial charge in [-0.3, -0.25) is 0 Å². The van der Waals surface area contributed by atoms with E-state index in [-0.39, 0.29) is 0 Å². The second kappa shape index (κ2) is 4.05. The fourth-order valence-electron chi connectivity index (χ4n) is 0.973. The molecule has 0 bridgehead atoms. The summed E-state index contributed by atoms with van der Waals surface area (Å²) in [5.74, 6) is 0.875. The Labute approximate surface area is 78.3 Å². The van der Waals surface area contributed by atoms with E-state index in [0.717, 1.165) is 11.4 Å². The highest BCUT2D eigenvalue weighted by Gasteiger charge is 2.03. The minimum absolute atomic E-state index is 0.622. The maximum Gasteiger partial charge on any atom is 0.127 e. The molecule has 0 fully saturated rings. The van der Waals surface area contributed by atoms with Gasteiger partial charge in [0.25, 0.3) is 0 Å². The smallest absolute Gasteiger partial charge is 0.127 e. The Balaban J connectivity index is 2.87. The number of hydrogen-bond acceptors (Lipinski definition) is 3. The third-order valence-electron chi connectivity index (χ3n) is 1.79. The number of pyridine rings is 1. The van der Waals surface area contributed by atoms with Crippen molar-refractivity contribution in [2.24, 2.45) is 0 Å². The van der Waals surface area contributed by atoms with E-state index in [4.69, 9.17) is 0 Å². The molecule has 0 amide bonds. The van der Waals surface area contributed by atoms with E-state index < -0.39 is 6.10 Å². The van der Waals surface area contributed by atoms with Crippen LogP contribution in [0.2, 0.25) is 0 Å². The van der Waals surface area contributed by atoms with Gasteiger partial charge >= 0.3 is 0 Å². The molecular formula is C10H14N2O. The van der Waals surface area contributed by atoms with Crippen molar-refractivity contribution in [2.75, 3.05) is 19.0 Å². The number of anilines is 1. The zero-order valence-corrected chi connectivity index (χ0v) is 7.94. The van der Waals surface area contributed by atoms with Crippen LogP contribution in [0.5, 0.6) is 0 Å². The van der Waals surface area contributed by atoms with Crippen LogP contribution < -0.4 is 4.90 Å². The van der Waals surface area contributed by atoms with Gasteiger partial charge in [0.05, 0.1) is 6.10 Å². The maximum absolute atomic E-state index is 9.39. The van der Waals surface area contributed by atoms with E-state index in [2.05, 4.69) is 11.6 Å². The van der Waals surface area contributed by atoms with E-state index in [9.17, 15) is 5.11 Å². The van der Waals surface area contributed by atoms with Crippen LogP contribution in [0, 0.1) is 0 Å². The molecule has 0 saturated carbocycles. The molecule has 1 unspecified atom stereocenters.